The number of ketones is 2. The lowest BCUT2D eigenvalue weighted by molar-refractivity contribution is -0.379. The number of ether oxygens (including phenoxy) is 5. The van der Waals surface area contributed by atoms with Crippen molar-refractivity contribution in [3.63, 3.8) is 0 Å². The Morgan fingerprint density at radius 1 is 0.954 bits per heavy atom. The summed E-state index contributed by atoms with van der Waals surface area (Å²) in [6.45, 7) is 1.93. The summed E-state index contributed by atoms with van der Waals surface area (Å²) < 4.78 is 31.1. The number of nitrogens with one attached hydrogen (secondary N) is 1. The van der Waals surface area contributed by atoms with Crippen LogP contribution in [0.15, 0.2) is 47.5 Å². The van der Waals surface area contributed by atoms with Gasteiger partial charge in [0.15, 0.2) is 29.9 Å². The number of aliphatic hydroxyl groups is 6. The Morgan fingerprint density at radius 2 is 1.76 bits per heavy atom. The first-order valence-electron chi connectivity index (χ1n) is 30.4. The van der Waals surface area contributed by atoms with Gasteiger partial charge in [0.2, 0.25) is 12.1 Å². The average Bonchev–Trinajstić information content (AvgIpc) is 0.870. The maximum Gasteiger partial charge on any atom is 0.308 e. The molecule has 11 atom stereocenters. The Bertz CT molecular complexity index is 3510. The molecule has 0 radical (unpaired) electrons. The fourth-order valence-electron chi connectivity index (χ4n) is 15.1. The van der Waals surface area contributed by atoms with Gasteiger partial charge in [0.05, 0.1) is 48.7 Å². The Labute approximate surface area is 504 Å². The van der Waals surface area contributed by atoms with Crippen LogP contribution in [-0.4, -0.2) is 140 Å². The van der Waals surface area contributed by atoms with Crippen LogP contribution >= 0.6 is 0 Å². The number of aromatic hydroxyl groups is 1. The van der Waals surface area contributed by atoms with Crippen LogP contribution in [0.5, 0.6) is 17.2 Å². The molecule has 3 fully saturated rings. The number of nitrogens with two attached hydrogens (primary N) is 2. The molecule has 5 aliphatic carbocycles. The van der Waals surface area contributed by atoms with Crippen molar-refractivity contribution < 1.29 is 78.6 Å². The number of methoxy groups -OCH3 is 1. The van der Waals surface area contributed by atoms with Crippen LogP contribution in [0.4, 0.5) is 0 Å². The van der Waals surface area contributed by atoms with Gasteiger partial charge in [0.1, 0.15) is 23.4 Å². The molecule has 4 bridgehead atoms. The molecule has 20 nitrogen and oxygen atoms in total. The molecule has 7 aliphatic rings. The summed E-state index contributed by atoms with van der Waals surface area (Å²) >= 11 is 0. The van der Waals surface area contributed by atoms with E-state index in [1.165, 1.54) is 19.1 Å². The van der Waals surface area contributed by atoms with E-state index in [1.54, 1.807) is 31.4 Å². The van der Waals surface area contributed by atoms with Crippen molar-refractivity contribution in [3.05, 3.63) is 120 Å². The minimum Gasteiger partial charge on any atom is -0.507 e. The summed E-state index contributed by atoms with van der Waals surface area (Å²) in [6, 6.07) is 10.6. The smallest absolute Gasteiger partial charge is 0.308 e. The Balaban J connectivity index is 1.12. The quantitative estimate of drug-likeness (QED) is 0.0247. The van der Waals surface area contributed by atoms with Crippen molar-refractivity contribution in [1.82, 2.24) is 5.32 Å². The largest absolute Gasteiger partial charge is 0.507 e. The molecular weight excluding hydrogens is 1120 g/mol. The lowest BCUT2D eigenvalue weighted by atomic mass is 9.68. The third-order valence-corrected chi connectivity index (χ3v) is 19.3. The van der Waals surface area contributed by atoms with Gasteiger partial charge in [-0.15, -0.1) is 0 Å². The maximum absolute atomic E-state index is 16.2. The Hall–Kier alpha value is -6.87. The first-order chi connectivity index (χ1) is 41.7. The minimum absolute atomic E-state index is 0.0376. The predicted octanol–water partition coefficient (Wildman–Crippen LogP) is 4.86. The summed E-state index contributed by atoms with van der Waals surface area (Å²) in [6.07, 6.45) is 3.55. The van der Waals surface area contributed by atoms with Crippen molar-refractivity contribution in [3.8, 4) is 29.1 Å². The zero-order valence-corrected chi connectivity index (χ0v) is 49.3. The molecule has 462 valence electrons. The number of rotatable bonds is 13. The van der Waals surface area contributed by atoms with Gasteiger partial charge in [-0.3, -0.25) is 19.2 Å². The number of phenolic OH excluding ortho intramolecular Hbond substituents is 1. The van der Waals surface area contributed by atoms with E-state index in [0.29, 0.717) is 55.3 Å². The zero-order valence-electron chi connectivity index (χ0n) is 49.3. The third kappa shape index (κ3) is 11.6. The fraction of sp³-hybridized carbons (Fsp3) is 0.507. The number of aliphatic hydroxyl groups excluding tert-OH is 3. The average molecular weight is 1200 g/mol. The highest BCUT2D eigenvalue weighted by molar-refractivity contribution is 6.32. The molecule has 11 rings (SSSR count). The summed E-state index contributed by atoms with van der Waals surface area (Å²) in [5, 5.41) is 87.4. The van der Waals surface area contributed by atoms with Crippen molar-refractivity contribution in [2.45, 2.75) is 183 Å². The second-order valence-electron chi connectivity index (χ2n) is 24.8. The van der Waals surface area contributed by atoms with Crippen LogP contribution in [0.3, 0.4) is 0 Å². The Kier molecular flexibility index (Phi) is 17.7. The normalized spacial score (nSPS) is 29.4. The number of aldehydes is 1. The number of carbonyl (C=O) groups excluding carboxylic acids is 4. The number of carbonyl (C=O) groups is 4. The Morgan fingerprint density at radius 3 is 2.53 bits per heavy atom. The van der Waals surface area contributed by atoms with E-state index < -0.39 is 114 Å². The topological polar surface area (TPSA) is 332 Å². The first-order valence-corrected chi connectivity index (χ1v) is 30.4. The number of benzene rings is 4. The molecular formula is C67H78N4O16. The monoisotopic (exact) mass is 1190 g/mol. The lowest BCUT2D eigenvalue weighted by Gasteiger charge is -2.49. The number of aliphatic imine (C=N–C) groups is 1. The number of esters is 1. The van der Waals surface area contributed by atoms with E-state index >= 15 is 9.59 Å². The molecule has 87 heavy (non-hydrogen) atoms. The van der Waals surface area contributed by atoms with E-state index in [1.807, 2.05) is 18.2 Å². The molecule has 0 amide bonds. The van der Waals surface area contributed by atoms with Crippen LogP contribution in [0.1, 0.15) is 183 Å². The number of phenols is 1. The second-order valence-corrected chi connectivity index (χ2v) is 24.8. The highest BCUT2D eigenvalue weighted by atomic mass is 16.7. The van der Waals surface area contributed by atoms with Gasteiger partial charge in [0.25, 0.3) is 0 Å². The summed E-state index contributed by atoms with van der Waals surface area (Å²) in [5.74, 6) is -0.734. The van der Waals surface area contributed by atoms with Crippen LogP contribution < -0.4 is 26.3 Å². The van der Waals surface area contributed by atoms with Gasteiger partial charge in [-0.1, -0.05) is 67.2 Å². The predicted molar refractivity (Wildman–Crippen MR) is 319 cm³/mol. The third-order valence-electron chi connectivity index (χ3n) is 19.3. The molecule has 0 unspecified atom stereocenters. The molecule has 2 saturated carbocycles. The van der Waals surface area contributed by atoms with E-state index in [-0.39, 0.29) is 94.1 Å². The second kappa shape index (κ2) is 25.0. The number of aryl methyl sites for hydroxylation is 1. The lowest BCUT2D eigenvalue weighted by Crippen LogP contribution is -2.68. The summed E-state index contributed by atoms with van der Waals surface area (Å²) in [4.78, 5) is 63.3. The van der Waals surface area contributed by atoms with Gasteiger partial charge < -0.3 is 76.2 Å². The highest BCUT2D eigenvalue weighted by Crippen LogP contribution is 2.53. The van der Waals surface area contributed by atoms with Gasteiger partial charge in [-0.05, 0) is 141 Å². The molecule has 1 spiro atoms. The number of nitrogens with zero attached hydrogens (tertiary/aromatic N) is 1. The summed E-state index contributed by atoms with van der Waals surface area (Å²) in [7, 11) is 1.65. The van der Waals surface area contributed by atoms with Crippen molar-refractivity contribution in [1.29, 1.82) is 0 Å². The molecule has 4 aromatic rings. The molecule has 20 heteroatoms. The molecule has 0 aromatic heterocycles. The molecule has 12 N–H and O–H groups in total. The fourth-order valence-corrected chi connectivity index (χ4v) is 15.1. The standard InChI is InChI=1S/C67H78N4O16/c1-35-61(79)67(81,82)62(84-34-45-31-65(71-64(69)70-45)24-5-4-11-42(65)23-26-83-3)63(85-35)87-60-48-14-7-13-44(68)20-21-46(75)28-38-10-6-9-37(27-38)15-22-47-51(86-36(2)74)30-41(32-72)52-53(47)59(78)54(48)55(58(52)77)57(76)49(60)29-40-17-16-39-18-19-43-12-8-25-66(43,80)56(39)50(40)33-73/h6,9-10,15-17,22,27,30,33,35,42-46,61-63,72,75-76,79-82H,4-5,8,11-12,14,18-21,23-26,28-29,31-32,34,68H2,1-3H3,(H3,69,70,71)/b22-15+/t35-,42-,43+,44-,45+,46-,61+,62-,63+,65+,66-/m0/s1. The van der Waals surface area contributed by atoms with Gasteiger partial charge in [-0.2, -0.15) is 0 Å². The van der Waals surface area contributed by atoms with Crippen molar-refractivity contribution in [2.24, 2.45) is 28.3 Å². The van der Waals surface area contributed by atoms with E-state index in [2.05, 4.69) is 17.2 Å². The molecule has 2 aliphatic heterocycles. The van der Waals surface area contributed by atoms with Gasteiger partial charge in [0, 0.05) is 78.0 Å². The number of guanidine groups is 1. The number of fused-ring (bicyclic) bond motifs is 5. The van der Waals surface area contributed by atoms with E-state index in [0.717, 1.165) is 63.0 Å². The molecule has 2 heterocycles. The maximum atomic E-state index is 16.2. The van der Waals surface area contributed by atoms with Crippen LogP contribution in [0.25, 0.3) is 12.2 Å². The summed E-state index contributed by atoms with van der Waals surface area (Å²) in [5.41, 5.74) is 12.4. The minimum atomic E-state index is -3.12. The molecule has 1 saturated heterocycles. The highest BCUT2D eigenvalue weighted by Gasteiger charge is 2.57. The van der Waals surface area contributed by atoms with Crippen molar-refractivity contribution in [2.75, 3.05) is 20.3 Å². The van der Waals surface area contributed by atoms with E-state index in [9.17, 15) is 45.3 Å². The zero-order chi connectivity index (χ0) is 61.7. The van der Waals surface area contributed by atoms with Crippen LogP contribution in [0, 0.1) is 23.7 Å². The van der Waals surface area contributed by atoms with Crippen molar-refractivity contribution >= 4 is 41.9 Å². The van der Waals surface area contributed by atoms with Crippen LogP contribution in [-0.2, 0) is 56.9 Å². The van der Waals surface area contributed by atoms with Gasteiger partial charge >= 0.3 is 5.97 Å². The SMILES string of the molecule is COCC[C@@H]1CCCC[C@@]12C[C@H](CO[C@H]1[C@@H](Oc3c(Cc4ccc5c(c4C=O)[C@]4(O)CCC[C@@H]4CC5)c(O)c4c5c3CC#C[C@H](N)CC[C@H](O)Cc3cccc(c3)/C=C/c3c(OC(C)=O)cc(CO)c(c3C5=O)C4=O)O[C@@H](C)[C@@H](O)C1(O)O)N=C(N)N2. The van der Waals surface area contributed by atoms with Gasteiger partial charge in [-0.25, -0.2) is 4.99 Å². The first kappa shape index (κ1) is 61.8. The molecule has 4 aromatic carbocycles. The number of hydrogen-bond donors (Lipinski definition) is 10. The van der Waals surface area contributed by atoms with Crippen LogP contribution in [0.2, 0.25) is 0 Å². The number of hydrogen-bond acceptors (Lipinski definition) is 20. The van der Waals surface area contributed by atoms with E-state index in [4.69, 9.17) is 40.1 Å².